The molecule has 0 amide bonds. The molecule has 4 nitrogen and oxygen atoms in total. The number of carboxylic acid groups (broad SMARTS) is 1. The van der Waals surface area contributed by atoms with Gasteiger partial charge in [-0.05, 0) is 29.5 Å². The molecule has 0 radical (unpaired) electrons. The molecule has 0 spiro atoms. The van der Waals surface area contributed by atoms with Gasteiger partial charge in [-0.2, -0.15) is 0 Å². The van der Waals surface area contributed by atoms with Crippen LogP contribution < -0.4 is 4.74 Å². The third-order valence-corrected chi connectivity index (χ3v) is 4.55. The number of aliphatic carboxylic acids is 1. The van der Waals surface area contributed by atoms with Crippen LogP contribution in [-0.4, -0.2) is 42.2 Å². The SMILES string of the molecule is CC(C(=O)O)C1CN(CCc2ccc3c(c2)CCO3)C1. The maximum absolute atomic E-state index is 10.9. The predicted molar refractivity (Wildman–Crippen MR) is 76.1 cm³/mol. The molecule has 3 rings (SSSR count). The van der Waals surface area contributed by atoms with Crippen LogP contribution in [0.3, 0.4) is 0 Å². The molecule has 0 aliphatic carbocycles. The molecular weight excluding hydrogens is 254 g/mol. The number of rotatable bonds is 5. The quantitative estimate of drug-likeness (QED) is 0.890. The summed E-state index contributed by atoms with van der Waals surface area (Å²) in [5.41, 5.74) is 2.67. The van der Waals surface area contributed by atoms with Crippen LogP contribution in [0, 0.1) is 11.8 Å². The van der Waals surface area contributed by atoms with Gasteiger partial charge in [0, 0.05) is 26.1 Å². The first-order chi connectivity index (χ1) is 9.63. The zero-order chi connectivity index (χ0) is 14.1. The standard InChI is InChI=1S/C16H21NO3/c1-11(16(18)19)14-9-17(10-14)6-4-12-2-3-15-13(8-12)5-7-20-15/h2-3,8,11,14H,4-7,9-10H2,1H3,(H,18,19). The topological polar surface area (TPSA) is 49.8 Å². The van der Waals surface area contributed by atoms with Crippen molar-refractivity contribution in [2.75, 3.05) is 26.2 Å². The Balaban J connectivity index is 1.46. The van der Waals surface area contributed by atoms with Gasteiger partial charge in [-0.1, -0.05) is 19.1 Å². The van der Waals surface area contributed by atoms with E-state index in [0.29, 0.717) is 5.92 Å². The Morgan fingerprint density at radius 2 is 2.30 bits per heavy atom. The molecular formula is C16H21NO3. The fourth-order valence-corrected chi connectivity index (χ4v) is 2.99. The Morgan fingerprint density at radius 3 is 3.05 bits per heavy atom. The molecule has 1 fully saturated rings. The number of carboxylic acids is 1. The fraction of sp³-hybridized carbons (Fsp3) is 0.562. The number of ether oxygens (including phenoxy) is 1. The van der Waals surface area contributed by atoms with Crippen LogP contribution in [-0.2, 0) is 17.6 Å². The van der Waals surface area contributed by atoms with Crippen LogP contribution in [0.2, 0.25) is 0 Å². The lowest BCUT2D eigenvalue weighted by Gasteiger charge is -2.41. The van der Waals surface area contributed by atoms with Gasteiger partial charge in [-0.25, -0.2) is 0 Å². The van der Waals surface area contributed by atoms with E-state index in [-0.39, 0.29) is 5.92 Å². The number of hydrogen-bond acceptors (Lipinski definition) is 3. The van der Waals surface area contributed by atoms with Crippen molar-refractivity contribution in [3.05, 3.63) is 29.3 Å². The Labute approximate surface area is 119 Å². The number of nitrogens with zero attached hydrogens (tertiary/aromatic N) is 1. The third kappa shape index (κ3) is 2.66. The Bertz CT molecular complexity index is 508. The Morgan fingerprint density at radius 1 is 1.50 bits per heavy atom. The van der Waals surface area contributed by atoms with Gasteiger partial charge in [0.25, 0.3) is 0 Å². The van der Waals surface area contributed by atoms with Gasteiger partial charge in [-0.15, -0.1) is 0 Å². The highest BCUT2D eigenvalue weighted by Gasteiger charge is 2.34. The number of likely N-dealkylation sites (tertiary alicyclic amines) is 1. The second-order valence-electron chi connectivity index (χ2n) is 5.94. The van der Waals surface area contributed by atoms with Crippen LogP contribution >= 0.6 is 0 Å². The van der Waals surface area contributed by atoms with E-state index in [1.165, 1.54) is 11.1 Å². The van der Waals surface area contributed by atoms with E-state index in [1.807, 2.05) is 6.92 Å². The second-order valence-corrected chi connectivity index (χ2v) is 5.94. The maximum Gasteiger partial charge on any atom is 0.306 e. The molecule has 2 aliphatic heterocycles. The summed E-state index contributed by atoms with van der Waals surface area (Å²) in [6.07, 6.45) is 2.05. The molecule has 108 valence electrons. The molecule has 1 aromatic rings. The Kier molecular flexibility index (Phi) is 3.66. The minimum Gasteiger partial charge on any atom is -0.493 e. The van der Waals surface area contributed by atoms with Gasteiger partial charge >= 0.3 is 5.97 Å². The van der Waals surface area contributed by atoms with Crippen molar-refractivity contribution in [3.8, 4) is 5.75 Å². The summed E-state index contributed by atoms with van der Waals surface area (Å²) in [6.45, 7) is 5.47. The minimum atomic E-state index is -0.673. The highest BCUT2D eigenvalue weighted by Crippen LogP contribution is 2.27. The number of hydrogen-bond donors (Lipinski definition) is 1. The highest BCUT2D eigenvalue weighted by atomic mass is 16.5. The monoisotopic (exact) mass is 275 g/mol. The first-order valence-corrected chi connectivity index (χ1v) is 7.33. The molecule has 0 aromatic heterocycles. The van der Waals surface area contributed by atoms with Crippen molar-refractivity contribution >= 4 is 5.97 Å². The lowest BCUT2D eigenvalue weighted by molar-refractivity contribution is -0.145. The average Bonchev–Trinajstić information content (AvgIpc) is 2.83. The fourth-order valence-electron chi connectivity index (χ4n) is 2.99. The van der Waals surface area contributed by atoms with E-state index in [4.69, 9.17) is 9.84 Å². The summed E-state index contributed by atoms with van der Waals surface area (Å²) < 4.78 is 5.51. The minimum absolute atomic E-state index is 0.219. The summed E-state index contributed by atoms with van der Waals surface area (Å²) in [7, 11) is 0. The van der Waals surface area contributed by atoms with Gasteiger partial charge in [0.05, 0.1) is 12.5 Å². The summed E-state index contributed by atoms with van der Waals surface area (Å²) in [6, 6.07) is 6.46. The van der Waals surface area contributed by atoms with Crippen LogP contribution in [0.4, 0.5) is 0 Å². The van der Waals surface area contributed by atoms with Gasteiger partial charge < -0.3 is 14.7 Å². The van der Waals surface area contributed by atoms with Crippen LogP contribution in [0.5, 0.6) is 5.75 Å². The summed E-state index contributed by atoms with van der Waals surface area (Å²) in [5, 5.41) is 8.97. The van der Waals surface area contributed by atoms with Crippen molar-refractivity contribution in [2.45, 2.75) is 19.8 Å². The van der Waals surface area contributed by atoms with E-state index in [0.717, 1.165) is 44.8 Å². The Hall–Kier alpha value is -1.55. The first kappa shape index (κ1) is 13.4. The van der Waals surface area contributed by atoms with Crippen molar-refractivity contribution in [1.29, 1.82) is 0 Å². The van der Waals surface area contributed by atoms with Crippen LogP contribution in [0.15, 0.2) is 18.2 Å². The van der Waals surface area contributed by atoms with Crippen molar-refractivity contribution < 1.29 is 14.6 Å². The van der Waals surface area contributed by atoms with E-state index in [1.54, 1.807) is 0 Å². The lowest BCUT2D eigenvalue weighted by atomic mass is 9.87. The molecule has 2 aliphatic rings. The molecule has 20 heavy (non-hydrogen) atoms. The largest absolute Gasteiger partial charge is 0.493 e. The van der Waals surface area contributed by atoms with Crippen molar-refractivity contribution in [3.63, 3.8) is 0 Å². The van der Waals surface area contributed by atoms with E-state index in [2.05, 4.69) is 23.1 Å². The normalized spacial score (nSPS) is 20.1. The van der Waals surface area contributed by atoms with Gasteiger partial charge in [0.1, 0.15) is 5.75 Å². The molecule has 2 heterocycles. The molecule has 1 unspecified atom stereocenters. The van der Waals surface area contributed by atoms with Crippen LogP contribution in [0.1, 0.15) is 18.1 Å². The first-order valence-electron chi connectivity index (χ1n) is 7.33. The predicted octanol–water partition coefficient (Wildman–Crippen LogP) is 1.82. The van der Waals surface area contributed by atoms with E-state index < -0.39 is 5.97 Å². The molecule has 0 bridgehead atoms. The van der Waals surface area contributed by atoms with E-state index in [9.17, 15) is 4.79 Å². The highest BCUT2D eigenvalue weighted by molar-refractivity contribution is 5.70. The van der Waals surface area contributed by atoms with Crippen molar-refractivity contribution in [1.82, 2.24) is 4.90 Å². The molecule has 4 heteroatoms. The van der Waals surface area contributed by atoms with Crippen LogP contribution in [0.25, 0.3) is 0 Å². The molecule has 1 atom stereocenters. The summed E-state index contributed by atoms with van der Waals surface area (Å²) in [4.78, 5) is 13.2. The molecule has 1 aromatic carbocycles. The smallest absolute Gasteiger partial charge is 0.306 e. The molecule has 0 saturated carbocycles. The number of fused-ring (bicyclic) bond motifs is 1. The zero-order valence-corrected chi connectivity index (χ0v) is 11.8. The van der Waals surface area contributed by atoms with Crippen molar-refractivity contribution in [2.24, 2.45) is 11.8 Å². The van der Waals surface area contributed by atoms with Gasteiger partial charge in [0.15, 0.2) is 0 Å². The molecule has 1 N–H and O–H groups in total. The third-order valence-electron chi connectivity index (χ3n) is 4.55. The number of benzene rings is 1. The number of carbonyl (C=O) groups is 1. The molecule has 1 saturated heterocycles. The van der Waals surface area contributed by atoms with E-state index >= 15 is 0 Å². The summed E-state index contributed by atoms with van der Waals surface area (Å²) in [5.74, 6) is 0.464. The second kappa shape index (κ2) is 5.44. The lowest BCUT2D eigenvalue weighted by Crippen LogP contribution is -2.51. The zero-order valence-electron chi connectivity index (χ0n) is 11.8. The maximum atomic E-state index is 10.9. The van der Waals surface area contributed by atoms with Gasteiger partial charge in [-0.3, -0.25) is 4.79 Å². The average molecular weight is 275 g/mol. The van der Waals surface area contributed by atoms with Gasteiger partial charge in [0.2, 0.25) is 0 Å². The summed E-state index contributed by atoms with van der Waals surface area (Å²) >= 11 is 0.